The van der Waals surface area contributed by atoms with Crippen LogP contribution < -0.4 is 0 Å². The van der Waals surface area contributed by atoms with Crippen molar-refractivity contribution in [2.75, 3.05) is 13.2 Å². The van der Waals surface area contributed by atoms with Crippen molar-refractivity contribution in [3.05, 3.63) is 10.4 Å². The number of hydrogen-bond acceptors (Lipinski definition) is 3. The number of azide groups is 1. The zero-order chi connectivity index (χ0) is 13.5. The Bertz CT molecular complexity index is 251. The van der Waals surface area contributed by atoms with E-state index in [9.17, 15) is 4.79 Å². The predicted molar refractivity (Wildman–Crippen MR) is 72.2 cm³/mol. The standard InChI is InChI=1S/C13H25N3O2/c1-2-3-4-5-6-7-8-9-10-11-18-13(17)12-15-16-14/h2-12H2,1H3. The first-order valence-corrected chi connectivity index (χ1v) is 6.97. The van der Waals surface area contributed by atoms with E-state index >= 15 is 0 Å². The van der Waals surface area contributed by atoms with Crippen molar-refractivity contribution < 1.29 is 9.53 Å². The van der Waals surface area contributed by atoms with Crippen molar-refractivity contribution in [3.63, 3.8) is 0 Å². The maximum atomic E-state index is 11.0. The van der Waals surface area contributed by atoms with Crippen LogP contribution in [0.2, 0.25) is 0 Å². The van der Waals surface area contributed by atoms with Gasteiger partial charge in [-0.3, -0.25) is 4.79 Å². The molecule has 18 heavy (non-hydrogen) atoms. The zero-order valence-electron chi connectivity index (χ0n) is 11.4. The van der Waals surface area contributed by atoms with Crippen molar-refractivity contribution in [2.24, 2.45) is 5.11 Å². The van der Waals surface area contributed by atoms with Gasteiger partial charge in [0, 0.05) is 4.91 Å². The van der Waals surface area contributed by atoms with Crippen LogP contribution in [0.15, 0.2) is 5.11 Å². The second-order valence-corrected chi connectivity index (χ2v) is 4.44. The highest BCUT2D eigenvalue weighted by atomic mass is 16.5. The first-order valence-electron chi connectivity index (χ1n) is 6.97. The van der Waals surface area contributed by atoms with E-state index in [-0.39, 0.29) is 6.54 Å². The van der Waals surface area contributed by atoms with E-state index in [0.29, 0.717) is 6.61 Å². The molecular weight excluding hydrogens is 230 g/mol. The van der Waals surface area contributed by atoms with Crippen LogP contribution >= 0.6 is 0 Å². The summed E-state index contributed by atoms with van der Waals surface area (Å²) in [6.45, 7) is 2.47. The predicted octanol–water partition coefficient (Wildman–Crippen LogP) is 4.37. The summed E-state index contributed by atoms with van der Waals surface area (Å²) in [4.78, 5) is 13.4. The molecule has 0 aliphatic carbocycles. The topological polar surface area (TPSA) is 75.1 Å². The van der Waals surface area contributed by atoms with E-state index in [2.05, 4.69) is 16.9 Å². The van der Waals surface area contributed by atoms with Crippen molar-refractivity contribution in [1.82, 2.24) is 0 Å². The Hall–Kier alpha value is -1.22. The van der Waals surface area contributed by atoms with Gasteiger partial charge in [-0.15, -0.1) is 0 Å². The molecule has 0 aliphatic rings. The Morgan fingerprint density at radius 2 is 1.61 bits per heavy atom. The van der Waals surface area contributed by atoms with Crippen molar-refractivity contribution in [3.8, 4) is 0 Å². The van der Waals surface area contributed by atoms with Crippen LogP contribution in [0.3, 0.4) is 0 Å². The number of hydrogen-bond donors (Lipinski definition) is 0. The molecule has 0 heterocycles. The van der Waals surface area contributed by atoms with Gasteiger partial charge in [-0.2, -0.15) is 0 Å². The lowest BCUT2D eigenvalue weighted by Crippen LogP contribution is -2.08. The number of carbonyl (C=O) groups excluding carboxylic acids is 1. The summed E-state index contributed by atoms with van der Waals surface area (Å²) in [6, 6.07) is 0. The fourth-order valence-corrected chi connectivity index (χ4v) is 1.73. The third-order valence-corrected chi connectivity index (χ3v) is 2.77. The molecule has 0 aliphatic heterocycles. The smallest absolute Gasteiger partial charge is 0.311 e. The second-order valence-electron chi connectivity index (χ2n) is 4.44. The molecule has 5 nitrogen and oxygen atoms in total. The van der Waals surface area contributed by atoms with Gasteiger partial charge in [-0.25, -0.2) is 0 Å². The van der Waals surface area contributed by atoms with Crippen LogP contribution in [0.5, 0.6) is 0 Å². The van der Waals surface area contributed by atoms with Gasteiger partial charge >= 0.3 is 5.97 Å². The Kier molecular flexibility index (Phi) is 12.9. The fraction of sp³-hybridized carbons (Fsp3) is 0.923. The second kappa shape index (κ2) is 13.8. The molecule has 0 rings (SSSR count). The minimum atomic E-state index is -0.438. The molecule has 0 saturated carbocycles. The number of esters is 1. The molecule has 0 aromatic carbocycles. The van der Waals surface area contributed by atoms with Crippen molar-refractivity contribution >= 4 is 5.97 Å². The summed E-state index contributed by atoms with van der Waals surface area (Å²) in [7, 11) is 0. The Labute approximate surface area is 110 Å². The quantitative estimate of drug-likeness (QED) is 0.171. The van der Waals surface area contributed by atoms with Crippen LogP contribution in [0.25, 0.3) is 10.4 Å². The minimum Gasteiger partial charge on any atom is -0.466 e. The molecule has 104 valence electrons. The summed E-state index contributed by atoms with van der Waals surface area (Å²) in [5.41, 5.74) is 8.01. The van der Waals surface area contributed by atoms with Gasteiger partial charge in [0.1, 0.15) is 6.54 Å². The Morgan fingerprint density at radius 3 is 2.17 bits per heavy atom. The largest absolute Gasteiger partial charge is 0.466 e. The van der Waals surface area contributed by atoms with Crippen molar-refractivity contribution in [1.29, 1.82) is 0 Å². The lowest BCUT2D eigenvalue weighted by Gasteiger charge is -2.03. The SMILES string of the molecule is CCCCCCCCCCCOC(=O)CN=[N+]=[N-]. The maximum Gasteiger partial charge on any atom is 0.311 e. The third kappa shape index (κ3) is 12.8. The molecule has 0 aromatic heterocycles. The molecule has 0 saturated heterocycles. The first kappa shape index (κ1) is 16.8. The highest BCUT2D eigenvalue weighted by Gasteiger charge is 1.99. The molecular formula is C13H25N3O2. The van der Waals surface area contributed by atoms with E-state index in [1.807, 2.05) is 0 Å². The number of nitrogens with zero attached hydrogens (tertiary/aromatic N) is 3. The lowest BCUT2D eigenvalue weighted by atomic mass is 10.1. The van der Waals surface area contributed by atoms with Gasteiger partial charge in [-0.05, 0) is 12.0 Å². The summed E-state index contributed by atoms with van der Waals surface area (Å²) >= 11 is 0. The van der Waals surface area contributed by atoms with Gasteiger partial charge in [0.15, 0.2) is 0 Å². The maximum absolute atomic E-state index is 11.0. The summed E-state index contributed by atoms with van der Waals surface area (Å²) in [6.07, 6.45) is 11.1. The minimum absolute atomic E-state index is 0.200. The van der Waals surface area contributed by atoms with Crippen molar-refractivity contribution in [2.45, 2.75) is 64.7 Å². The number of unbranched alkanes of at least 4 members (excludes halogenated alkanes) is 8. The summed E-state index contributed by atoms with van der Waals surface area (Å²) in [5, 5.41) is 3.14. The number of carbonyl (C=O) groups is 1. The molecule has 0 amide bonds. The zero-order valence-corrected chi connectivity index (χ0v) is 11.4. The van der Waals surface area contributed by atoms with Gasteiger partial charge < -0.3 is 4.74 Å². The highest BCUT2D eigenvalue weighted by Crippen LogP contribution is 2.09. The third-order valence-electron chi connectivity index (χ3n) is 2.77. The molecule has 0 N–H and O–H groups in total. The van der Waals surface area contributed by atoms with Gasteiger partial charge in [0.05, 0.1) is 6.61 Å². The fourth-order valence-electron chi connectivity index (χ4n) is 1.73. The molecule has 0 unspecified atom stereocenters. The van der Waals surface area contributed by atoms with E-state index in [4.69, 9.17) is 10.3 Å². The lowest BCUT2D eigenvalue weighted by molar-refractivity contribution is -0.141. The molecule has 0 radical (unpaired) electrons. The Balaban J connectivity index is 3.11. The molecule has 0 atom stereocenters. The average molecular weight is 255 g/mol. The molecule has 0 fully saturated rings. The van der Waals surface area contributed by atoms with E-state index < -0.39 is 5.97 Å². The first-order chi connectivity index (χ1) is 8.81. The van der Waals surface area contributed by atoms with Gasteiger partial charge in [0.2, 0.25) is 0 Å². The van der Waals surface area contributed by atoms with Crippen LogP contribution in [0.1, 0.15) is 64.7 Å². The van der Waals surface area contributed by atoms with E-state index in [1.165, 1.54) is 44.9 Å². The Morgan fingerprint density at radius 1 is 1.06 bits per heavy atom. The molecule has 0 spiro atoms. The van der Waals surface area contributed by atoms with E-state index in [1.54, 1.807) is 0 Å². The number of ether oxygens (including phenoxy) is 1. The monoisotopic (exact) mass is 255 g/mol. The van der Waals surface area contributed by atoms with Crippen LogP contribution in [-0.2, 0) is 9.53 Å². The van der Waals surface area contributed by atoms with Crippen LogP contribution in [-0.4, -0.2) is 19.1 Å². The van der Waals surface area contributed by atoms with Gasteiger partial charge in [-0.1, -0.05) is 63.4 Å². The normalized spacial score (nSPS) is 9.83. The summed E-state index contributed by atoms with van der Waals surface area (Å²) in [5.74, 6) is -0.438. The highest BCUT2D eigenvalue weighted by molar-refractivity contribution is 5.71. The molecule has 5 heteroatoms. The van der Waals surface area contributed by atoms with Gasteiger partial charge in [0.25, 0.3) is 0 Å². The number of rotatable bonds is 12. The van der Waals surface area contributed by atoms with Crippen LogP contribution in [0, 0.1) is 0 Å². The molecule has 0 bridgehead atoms. The summed E-state index contributed by atoms with van der Waals surface area (Å²) < 4.78 is 4.90. The average Bonchev–Trinajstić information content (AvgIpc) is 2.38. The van der Waals surface area contributed by atoms with Crippen LogP contribution in [0.4, 0.5) is 0 Å². The van der Waals surface area contributed by atoms with E-state index in [0.717, 1.165) is 12.8 Å². The molecule has 0 aromatic rings.